The summed E-state index contributed by atoms with van der Waals surface area (Å²) in [6.45, 7) is 2.61. The van der Waals surface area contributed by atoms with Crippen molar-refractivity contribution >= 4 is 11.9 Å². The van der Waals surface area contributed by atoms with Gasteiger partial charge >= 0.3 is 5.97 Å². The summed E-state index contributed by atoms with van der Waals surface area (Å²) in [6.07, 6.45) is 1.77. The lowest BCUT2D eigenvalue weighted by Gasteiger charge is -2.28. The van der Waals surface area contributed by atoms with Gasteiger partial charge in [0, 0.05) is 25.7 Å². The highest BCUT2D eigenvalue weighted by Crippen LogP contribution is 2.40. The minimum Gasteiger partial charge on any atom is -0.481 e. The average molecular weight is 378 g/mol. The fraction of sp³-hybridized carbons (Fsp3) is 0.391. The predicted molar refractivity (Wildman–Crippen MR) is 107 cm³/mol. The lowest BCUT2D eigenvalue weighted by Crippen LogP contribution is -2.48. The van der Waals surface area contributed by atoms with Crippen molar-refractivity contribution in [3.63, 3.8) is 0 Å². The largest absolute Gasteiger partial charge is 0.481 e. The summed E-state index contributed by atoms with van der Waals surface area (Å²) in [4.78, 5) is 27.1. The summed E-state index contributed by atoms with van der Waals surface area (Å²) in [5, 5.41) is 12.6. The van der Waals surface area contributed by atoms with E-state index in [4.69, 9.17) is 0 Å². The number of carboxylic acids is 1. The highest BCUT2D eigenvalue weighted by molar-refractivity contribution is 5.88. The van der Waals surface area contributed by atoms with Crippen LogP contribution in [0.5, 0.6) is 0 Å². The van der Waals surface area contributed by atoms with E-state index in [0.717, 1.165) is 37.2 Å². The Morgan fingerprint density at radius 2 is 1.68 bits per heavy atom. The number of hydrogen-bond acceptors (Lipinski definition) is 3. The van der Waals surface area contributed by atoms with E-state index in [2.05, 4.69) is 22.3 Å². The second-order valence-corrected chi connectivity index (χ2v) is 8.15. The van der Waals surface area contributed by atoms with E-state index < -0.39 is 11.4 Å². The van der Waals surface area contributed by atoms with Gasteiger partial charge in [0.05, 0.1) is 11.8 Å². The fourth-order valence-corrected chi connectivity index (χ4v) is 4.62. The molecule has 5 heteroatoms. The van der Waals surface area contributed by atoms with Crippen LogP contribution in [-0.4, -0.2) is 41.0 Å². The van der Waals surface area contributed by atoms with Gasteiger partial charge in [0.15, 0.2) is 0 Å². The number of fused-ring (bicyclic) bond motifs is 1. The van der Waals surface area contributed by atoms with Gasteiger partial charge in [-0.15, -0.1) is 0 Å². The molecule has 0 radical (unpaired) electrons. The zero-order valence-corrected chi connectivity index (χ0v) is 15.9. The fourth-order valence-electron chi connectivity index (χ4n) is 4.62. The number of carboxylic acid groups (broad SMARTS) is 1. The predicted octanol–water partition coefficient (Wildman–Crippen LogP) is 2.64. The van der Waals surface area contributed by atoms with Crippen LogP contribution in [0.4, 0.5) is 0 Å². The topological polar surface area (TPSA) is 69.6 Å². The minimum absolute atomic E-state index is 0.0746. The molecule has 4 rings (SSSR count). The molecule has 1 fully saturated rings. The zero-order chi connectivity index (χ0) is 19.6. The second-order valence-electron chi connectivity index (χ2n) is 8.15. The number of rotatable bonds is 6. The first-order valence-electron chi connectivity index (χ1n) is 9.90. The van der Waals surface area contributed by atoms with Crippen molar-refractivity contribution in [2.75, 3.05) is 13.1 Å². The van der Waals surface area contributed by atoms with Crippen molar-refractivity contribution in [2.45, 2.75) is 38.3 Å². The quantitative estimate of drug-likeness (QED) is 0.811. The first kappa shape index (κ1) is 18.7. The molecule has 146 valence electrons. The van der Waals surface area contributed by atoms with Gasteiger partial charge in [-0.25, -0.2) is 0 Å². The highest BCUT2D eigenvalue weighted by Gasteiger charge is 2.46. The van der Waals surface area contributed by atoms with Crippen LogP contribution in [0, 0.1) is 5.41 Å². The van der Waals surface area contributed by atoms with Crippen LogP contribution in [0.2, 0.25) is 0 Å². The number of hydrogen-bond donors (Lipinski definition) is 2. The third-order valence-electron chi connectivity index (χ3n) is 6.00. The van der Waals surface area contributed by atoms with Gasteiger partial charge < -0.3 is 10.4 Å². The van der Waals surface area contributed by atoms with Gasteiger partial charge in [-0.3, -0.25) is 14.5 Å². The molecule has 2 aliphatic rings. The van der Waals surface area contributed by atoms with E-state index >= 15 is 0 Å². The van der Waals surface area contributed by atoms with E-state index in [-0.39, 0.29) is 18.4 Å². The molecule has 1 heterocycles. The maximum Gasteiger partial charge on any atom is 0.304 e. The standard InChI is InChI=1S/C23H26N2O3/c26-21(27)14-23(12-18-8-4-5-9-19(18)13-23)22(28)24-20-10-11-25(16-20)15-17-6-2-1-3-7-17/h1-9,20H,10-16H2,(H,24,28)(H,26,27). The second kappa shape index (κ2) is 7.76. The Morgan fingerprint density at radius 3 is 2.32 bits per heavy atom. The molecule has 0 aromatic heterocycles. The van der Waals surface area contributed by atoms with E-state index in [1.165, 1.54) is 5.56 Å². The number of carbonyl (C=O) groups is 2. The molecule has 1 atom stereocenters. The Bertz CT molecular complexity index is 840. The molecule has 0 saturated carbocycles. The van der Waals surface area contributed by atoms with E-state index in [9.17, 15) is 14.7 Å². The summed E-state index contributed by atoms with van der Waals surface area (Å²) in [6, 6.07) is 18.3. The summed E-state index contributed by atoms with van der Waals surface area (Å²) in [5.41, 5.74) is 2.58. The van der Waals surface area contributed by atoms with Crippen molar-refractivity contribution in [3.05, 3.63) is 71.3 Å². The normalized spacial score (nSPS) is 20.6. The number of carbonyl (C=O) groups excluding carboxylic acids is 1. The van der Waals surface area contributed by atoms with Crippen molar-refractivity contribution in [1.29, 1.82) is 0 Å². The first-order valence-corrected chi connectivity index (χ1v) is 9.90. The summed E-state index contributed by atoms with van der Waals surface area (Å²) < 4.78 is 0. The van der Waals surface area contributed by atoms with Gasteiger partial charge in [-0.05, 0) is 36.0 Å². The maximum atomic E-state index is 13.2. The number of nitrogens with zero attached hydrogens (tertiary/aromatic N) is 1. The molecule has 1 unspecified atom stereocenters. The van der Waals surface area contributed by atoms with Crippen LogP contribution in [0.3, 0.4) is 0 Å². The number of benzene rings is 2. The summed E-state index contributed by atoms with van der Waals surface area (Å²) in [5.74, 6) is -1.03. The Balaban J connectivity index is 1.41. The van der Waals surface area contributed by atoms with Crippen molar-refractivity contribution in [3.8, 4) is 0 Å². The molecule has 1 aliphatic heterocycles. The van der Waals surface area contributed by atoms with Crippen LogP contribution in [0.15, 0.2) is 54.6 Å². The summed E-state index contributed by atoms with van der Waals surface area (Å²) >= 11 is 0. The molecular formula is C23H26N2O3. The number of aliphatic carboxylic acids is 1. The highest BCUT2D eigenvalue weighted by atomic mass is 16.4. The average Bonchev–Trinajstić information content (AvgIpc) is 3.26. The van der Waals surface area contributed by atoms with Gasteiger partial charge in [-0.1, -0.05) is 54.6 Å². The van der Waals surface area contributed by atoms with Crippen LogP contribution >= 0.6 is 0 Å². The van der Waals surface area contributed by atoms with Gasteiger partial charge in [-0.2, -0.15) is 0 Å². The van der Waals surface area contributed by atoms with Crippen LogP contribution in [0.25, 0.3) is 0 Å². The zero-order valence-electron chi connectivity index (χ0n) is 15.9. The lowest BCUT2D eigenvalue weighted by atomic mass is 9.80. The molecule has 0 spiro atoms. The third kappa shape index (κ3) is 3.94. The molecule has 2 aromatic rings. The van der Waals surface area contributed by atoms with Crippen LogP contribution in [0.1, 0.15) is 29.5 Å². The molecule has 0 bridgehead atoms. The molecule has 1 aliphatic carbocycles. The Morgan fingerprint density at radius 1 is 1.04 bits per heavy atom. The maximum absolute atomic E-state index is 13.2. The number of nitrogens with one attached hydrogen (secondary N) is 1. The van der Waals surface area contributed by atoms with Gasteiger partial charge in [0.25, 0.3) is 0 Å². The van der Waals surface area contributed by atoms with Crippen molar-refractivity contribution in [1.82, 2.24) is 10.2 Å². The number of amides is 1. The Labute approximate surface area is 165 Å². The molecular weight excluding hydrogens is 352 g/mol. The van der Waals surface area contributed by atoms with E-state index in [1.54, 1.807) is 0 Å². The lowest BCUT2D eigenvalue weighted by molar-refractivity contribution is -0.145. The molecule has 5 nitrogen and oxygen atoms in total. The van der Waals surface area contributed by atoms with Crippen LogP contribution < -0.4 is 5.32 Å². The molecule has 2 aromatic carbocycles. The van der Waals surface area contributed by atoms with Crippen molar-refractivity contribution < 1.29 is 14.7 Å². The molecule has 1 amide bonds. The minimum atomic E-state index is -0.917. The van der Waals surface area contributed by atoms with Gasteiger partial charge in [0.2, 0.25) is 5.91 Å². The smallest absolute Gasteiger partial charge is 0.304 e. The van der Waals surface area contributed by atoms with Crippen molar-refractivity contribution in [2.24, 2.45) is 5.41 Å². The Hall–Kier alpha value is -2.66. The third-order valence-corrected chi connectivity index (χ3v) is 6.00. The molecule has 28 heavy (non-hydrogen) atoms. The van der Waals surface area contributed by atoms with E-state index in [0.29, 0.717) is 12.8 Å². The first-order chi connectivity index (χ1) is 13.5. The molecule has 1 saturated heterocycles. The number of likely N-dealkylation sites (tertiary alicyclic amines) is 1. The Kier molecular flexibility index (Phi) is 5.18. The molecule has 2 N–H and O–H groups in total. The van der Waals surface area contributed by atoms with Gasteiger partial charge in [0.1, 0.15) is 0 Å². The SMILES string of the molecule is O=C(O)CC1(C(=O)NC2CCN(Cc3ccccc3)C2)Cc2ccccc2C1. The van der Waals surface area contributed by atoms with Crippen LogP contribution in [-0.2, 0) is 29.0 Å². The monoisotopic (exact) mass is 378 g/mol. The van der Waals surface area contributed by atoms with E-state index in [1.807, 2.05) is 42.5 Å². The summed E-state index contributed by atoms with van der Waals surface area (Å²) in [7, 11) is 0.